The van der Waals surface area contributed by atoms with E-state index in [0.717, 1.165) is 42.3 Å². The fraction of sp³-hybridized carbons (Fsp3) is 0.316. The molecule has 1 saturated heterocycles. The van der Waals surface area contributed by atoms with Gasteiger partial charge in [0.25, 0.3) is 0 Å². The first-order valence-electron chi connectivity index (χ1n) is 9.06. The lowest BCUT2D eigenvalue weighted by molar-refractivity contribution is -0.120. The Kier molecular flexibility index (Phi) is 5.52. The smallest absolute Gasteiger partial charge is 0.229 e. The number of aromatic nitrogens is 4. The van der Waals surface area contributed by atoms with Crippen LogP contribution in [0.3, 0.4) is 0 Å². The minimum atomic E-state index is -0.275. The van der Waals surface area contributed by atoms with Crippen LogP contribution in [0, 0.1) is 11.7 Å². The lowest BCUT2D eigenvalue weighted by atomic mass is 9.96. The first kappa shape index (κ1) is 18.4. The molecule has 3 heterocycles. The third-order valence-electron chi connectivity index (χ3n) is 4.68. The van der Waals surface area contributed by atoms with Crippen molar-refractivity contribution in [2.45, 2.75) is 19.3 Å². The molecule has 0 saturated carbocycles. The van der Waals surface area contributed by atoms with Crippen LogP contribution in [0.5, 0.6) is 0 Å². The topological polar surface area (TPSA) is 83.9 Å². The lowest BCUT2D eigenvalue weighted by Gasteiger charge is -2.31. The van der Waals surface area contributed by atoms with Crippen LogP contribution in [0.4, 0.5) is 15.3 Å². The van der Waals surface area contributed by atoms with Crippen LogP contribution in [0.1, 0.15) is 23.4 Å². The zero-order valence-electron chi connectivity index (χ0n) is 15.1. The summed E-state index contributed by atoms with van der Waals surface area (Å²) in [6.07, 6.45) is 7.04. The summed E-state index contributed by atoms with van der Waals surface area (Å²) in [5.74, 6) is 0.464. The van der Waals surface area contributed by atoms with Crippen molar-refractivity contribution in [1.82, 2.24) is 20.2 Å². The summed E-state index contributed by atoms with van der Waals surface area (Å²) < 4.78 is 13.3. The first-order chi connectivity index (χ1) is 13.7. The normalized spacial score (nSPS) is 14.8. The fourth-order valence-electron chi connectivity index (χ4n) is 3.23. The van der Waals surface area contributed by atoms with E-state index in [0.29, 0.717) is 11.6 Å². The van der Waals surface area contributed by atoms with Crippen molar-refractivity contribution in [3.05, 3.63) is 59.2 Å². The van der Waals surface area contributed by atoms with Gasteiger partial charge >= 0.3 is 0 Å². The Morgan fingerprint density at radius 2 is 2.11 bits per heavy atom. The summed E-state index contributed by atoms with van der Waals surface area (Å²) in [6.45, 7) is 1.52. The summed E-state index contributed by atoms with van der Waals surface area (Å²) >= 11 is 1.32. The summed E-state index contributed by atoms with van der Waals surface area (Å²) in [5.41, 5.74) is 0.824. The van der Waals surface area contributed by atoms with E-state index < -0.39 is 0 Å². The van der Waals surface area contributed by atoms with Crippen LogP contribution in [-0.4, -0.2) is 39.2 Å². The molecule has 1 N–H and O–H groups in total. The van der Waals surface area contributed by atoms with Crippen molar-refractivity contribution in [2.75, 3.05) is 23.3 Å². The second kappa shape index (κ2) is 8.39. The van der Waals surface area contributed by atoms with Gasteiger partial charge in [-0.2, -0.15) is 0 Å². The quantitative estimate of drug-likeness (QED) is 0.711. The predicted octanol–water partition coefficient (Wildman–Crippen LogP) is 2.91. The highest BCUT2D eigenvalue weighted by Gasteiger charge is 2.26. The van der Waals surface area contributed by atoms with E-state index >= 15 is 0 Å². The minimum Gasteiger partial charge on any atom is -0.355 e. The second-order valence-electron chi connectivity index (χ2n) is 6.62. The molecule has 0 spiro atoms. The van der Waals surface area contributed by atoms with Crippen molar-refractivity contribution in [3.63, 3.8) is 0 Å². The van der Waals surface area contributed by atoms with E-state index in [4.69, 9.17) is 0 Å². The van der Waals surface area contributed by atoms with Gasteiger partial charge < -0.3 is 10.2 Å². The highest BCUT2D eigenvalue weighted by atomic mass is 32.1. The first-order valence-corrected chi connectivity index (χ1v) is 9.87. The summed E-state index contributed by atoms with van der Waals surface area (Å²) in [7, 11) is 0. The molecule has 9 heteroatoms. The molecule has 1 aliphatic rings. The number of amides is 1. The molecular formula is C19H19FN6OS. The van der Waals surface area contributed by atoms with E-state index in [1.54, 1.807) is 24.7 Å². The van der Waals surface area contributed by atoms with Gasteiger partial charge in [0.15, 0.2) is 0 Å². The maximum atomic E-state index is 13.3. The average Bonchev–Trinajstić information content (AvgIpc) is 3.15. The molecule has 1 aliphatic heterocycles. The number of carbonyl (C=O) groups is 1. The van der Waals surface area contributed by atoms with Crippen molar-refractivity contribution in [2.24, 2.45) is 5.92 Å². The molecule has 1 amide bonds. The van der Waals surface area contributed by atoms with Crippen molar-refractivity contribution < 1.29 is 9.18 Å². The van der Waals surface area contributed by atoms with Gasteiger partial charge in [-0.25, -0.2) is 9.37 Å². The number of hydrogen-bond donors (Lipinski definition) is 1. The van der Waals surface area contributed by atoms with Crippen LogP contribution in [0.25, 0.3) is 0 Å². The standard InChI is InChI=1S/C19H19FN6OS/c20-15-3-1-2-13(10-15)11-17-24-25-19(28-17)23-18(27)14-4-8-26(9-5-14)16-12-21-6-7-22-16/h1-3,6-7,10,12,14H,4-5,8-9,11H2,(H,23,25,27). The van der Waals surface area contributed by atoms with Crippen LogP contribution in [-0.2, 0) is 11.2 Å². The van der Waals surface area contributed by atoms with E-state index in [-0.39, 0.29) is 17.6 Å². The predicted molar refractivity (Wildman–Crippen MR) is 105 cm³/mol. The molecule has 3 aromatic rings. The maximum absolute atomic E-state index is 13.3. The van der Waals surface area contributed by atoms with Gasteiger partial charge in [0, 0.05) is 37.8 Å². The average molecular weight is 398 g/mol. The van der Waals surface area contributed by atoms with E-state index in [2.05, 4.69) is 30.4 Å². The van der Waals surface area contributed by atoms with Crippen molar-refractivity contribution in [3.8, 4) is 0 Å². The number of anilines is 2. The molecule has 2 aromatic heterocycles. The monoisotopic (exact) mass is 398 g/mol. The molecule has 144 valence electrons. The molecule has 0 radical (unpaired) electrons. The second-order valence-corrected chi connectivity index (χ2v) is 7.68. The third kappa shape index (κ3) is 4.48. The summed E-state index contributed by atoms with van der Waals surface area (Å²) in [6, 6.07) is 6.39. The Hall–Kier alpha value is -2.94. The highest BCUT2D eigenvalue weighted by Crippen LogP contribution is 2.24. The number of nitrogens with one attached hydrogen (secondary N) is 1. The Balaban J connectivity index is 1.30. The zero-order chi connectivity index (χ0) is 19.3. The molecule has 4 rings (SSSR count). The highest BCUT2D eigenvalue weighted by molar-refractivity contribution is 7.15. The maximum Gasteiger partial charge on any atom is 0.229 e. The minimum absolute atomic E-state index is 0.0350. The molecule has 0 aliphatic carbocycles. The number of rotatable bonds is 5. The Labute approximate surface area is 165 Å². The van der Waals surface area contributed by atoms with Crippen LogP contribution < -0.4 is 10.2 Å². The number of benzene rings is 1. The zero-order valence-corrected chi connectivity index (χ0v) is 15.9. The van der Waals surface area contributed by atoms with Crippen molar-refractivity contribution in [1.29, 1.82) is 0 Å². The number of piperidine rings is 1. The molecule has 0 atom stereocenters. The lowest BCUT2D eigenvalue weighted by Crippen LogP contribution is -2.38. The summed E-state index contributed by atoms with van der Waals surface area (Å²) in [4.78, 5) is 23.1. The van der Waals surface area contributed by atoms with Gasteiger partial charge in [0.05, 0.1) is 6.20 Å². The molecule has 1 aromatic carbocycles. The van der Waals surface area contributed by atoms with Crippen molar-refractivity contribution >= 4 is 28.2 Å². The van der Waals surface area contributed by atoms with Gasteiger partial charge in [-0.15, -0.1) is 10.2 Å². The SMILES string of the molecule is O=C(Nc1nnc(Cc2cccc(F)c2)s1)C1CCN(c2cnccn2)CC1. The Morgan fingerprint density at radius 3 is 2.86 bits per heavy atom. The molecule has 1 fully saturated rings. The largest absolute Gasteiger partial charge is 0.355 e. The summed E-state index contributed by atoms with van der Waals surface area (Å²) in [5, 5.41) is 12.2. The number of carbonyl (C=O) groups excluding carboxylic acids is 1. The van der Waals surface area contributed by atoms with Gasteiger partial charge in [-0.1, -0.05) is 23.5 Å². The van der Waals surface area contributed by atoms with E-state index in [1.807, 2.05) is 6.07 Å². The third-order valence-corrected chi connectivity index (χ3v) is 5.52. The van der Waals surface area contributed by atoms with Crippen LogP contribution >= 0.6 is 11.3 Å². The van der Waals surface area contributed by atoms with E-state index in [9.17, 15) is 9.18 Å². The van der Waals surface area contributed by atoms with Gasteiger partial charge in [-0.05, 0) is 30.5 Å². The molecule has 7 nitrogen and oxygen atoms in total. The molecule has 0 unspecified atom stereocenters. The van der Waals surface area contributed by atoms with Gasteiger partial charge in [0.2, 0.25) is 11.0 Å². The van der Waals surface area contributed by atoms with Gasteiger partial charge in [-0.3, -0.25) is 9.78 Å². The van der Waals surface area contributed by atoms with Crippen LogP contribution in [0.2, 0.25) is 0 Å². The van der Waals surface area contributed by atoms with Gasteiger partial charge in [0.1, 0.15) is 16.6 Å². The fourth-order valence-corrected chi connectivity index (χ4v) is 4.01. The molecule has 0 bridgehead atoms. The Morgan fingerprint density at radius 1 is 1.25 bits per heavy atom. The van der Waals surface area contributed by atoms with E-state index in [1.165, 1.54) is 23.5 Å². The number of nitrogens with zero attached hydrogens (tertiary/aromatic N) is 5. The van der Waals surface area contributed by atoms with Crippen LogP contribution in [0.15, 0.2) is 42.9 Å². The number of halogens is 1. The molecular weight excluding hydrogens is 379 g/mol. The Bertz CT molecular complexity index is 942. The number of hydrogen-bond acceptors (Lipinski definition) is 7. The molecule has 28 heavy (non-hydrogen) atoms.